The maximum absolute atomic E-state index is 13.4. The van der Waals surface area contributed by atoms with Crippen molar-refractivity contribution in [1.82, 2.24) is 5.32 Å². The summed E-state index contributed by atoms with van der Waals surface area (Å²) in [6.45, 7) is 1.77. The first-order valence-electron chi connectivity index (χ1n) is 37.4. The maximum Gasteiger partial charge on any atom is 0.220 e. The average molecular weight is 1300 g/mol. The van der Waals surface area contributed by atoms with Gasteiger partial charge < -0.3 is 89.9 Å². The number of amides is 1. The third-order valence-corrected chi connectivity index (χ3v) is 19.1. The summed E-state index contributed by atoms with van der Waals surface area (Å²) in [5.41, 5.74) is 0. The van der Waals surface area contributed by atoms with Crippen LogP contribution in [0, 0.1) is 0 Å². The first-order valence-corrected chi connectivity index (χ1v) is 37.4. The highest BCUT2D eigenvalue weighted by Gasteiger charge is 2.53. The molecule has 0 aromatic carbocycles. The Labute approximate surface area is 550 Å². The van der Waals surface area contributed by atoms with Gasteiger partial charge in [-0.05, 0) is 19.3 Å². The van der Waals surface area contributed by atoms with E-state index in [1.807, 2.05) is 6.08 Å². The fourth-order valence-electron chi connectivity index (χ4n) is 13.0. The molecule has 91 heavy (non-hydrogen) atoms. The van der Waals surface area contributed by atoms with Gasteiger partial charge in [-0.15, -0.1) is 0 Å². The Morgan fingerprint density at radius 2 is 0.681 bits per heavy atom. The molecule has 1 amide bonds. The monoisotopic (exact) mass is 1300 g/mol. The average Bonchev–Trinajstić information content (AvgIpc) is 0.889. The zero-order valence-electron chi connectivity index (χ0n) is 57.1. The minimum Gasteiger partial charge on any atom is -0.394 e. The molecule has 0 saturated carbocycles. The Bertz CT molecular complexity index is 1700. The first-order chi connectivity index (χ1) is 44.3. The zero-order valence-corrected chi connectivity index (χ0v) is 57.1. The van der Waals surface area contributed by atoms with E-state index in [4.69, 9.17) is 28.4 Å². The summed E-state index contributed by atoms with van der Waals surface area (Å²) >= 11 is 0. The Morgan fingerprint density at radius 3 is 1.03 bits per heavy atom. The molecule has 0 aliphatic carbocycles. The van der Waals surface area contributed by atoms with E-state index < -0.39 is 124 Å². The van der Waals surface area contributed by atoms with E-state index >= 15 is 0 Å². The van der Waals surface area contributed by atoms with Crippen LogP contribution in [0.4, 0.5) is 0 Å². The fraction of sp³-hybridized carbons (Fsp3) is 0.958. The van der Waals surface area contributed by atoms with Crippen molar-refractivity contribution >= 4 is 5.91 Å². The van der Waals surface area contributed by atoms with Gasteiger partial charge in [0.2, 0.25) is 5.91 Å². The molecule has 19 heteroatoms. The van der Waals surface area contributed by atoms with Gasteiger partial charge in [0.1, 0.15) is 73.2 Å². The Kier molecular flexibility index (Phi) is 50.2. The standard InChI is InChI=1S/C72H137NO18/c1-3-5-7-9-11-13-15-17-19-20-21-22-23-24-25-26-27-28-29-30-31-32-33-34-35-36-37-39-41-43-45-47-49-56(77)55(73-60(78)50-48-46-44-42-40-38-18-16-14-12-10-8-6-4-2)54-86-70-66(84)63(81)68(58(52-75)88-70)91-72-67(85)64(82)69(59(53-76)89-72)90-71-65(83)62(80)61(79)57(51-74)87-71/h47,49,55-59,61-72,74-77,79-85H,3-46,48,50-54H2,1-2H3,(H,73,78)/b49-47+. The number of hydrogen-bond donors (Lipinski definition) is 12. The molecule has 19 nitrogen and oxygen atoms in total. The maximum atomic E-state index is 13.4. The lowest BCUT2D eigenvalue weighted by atomic mass is 9.96. The quantitative estimate of drug-likeness (QED) is 0.0199. The summed E-state index contributed by atoms with van der Waals surface area (Å²) in [6, 6.07) is -0.968. The second-order valence-electron chi connectivity index (χ2n) is 27.1. The summed E-state index contributed by atoms with van der Waals surface area (Å²) < 4.78 is 34.4. The fourth-order valence-corrected chi connectivity index (χ4v) is 13.0. The molecule has 3 aliphatic rings. The number of hydrogen-bond acceptors (Lipinski definition) is 18. The molecule has 538 valence electrons. The van der Waals surface area contributed by atoms with Crippen molar-refractivity contribution in [2.75, 3.05) is 26.4 Å². The van der Waals surface area contributed by atoms with Crippen LogP contribution in [-0.4, -0.2) is 193 Å². The Hall–Kier alpha value is -1.47. The van der Waals surface area contributed by atoms with Crippen LogP contribution in [0.1, 0.15) is 309 Å². The van der Waals surface area contributed by atoms with Gasteiger partial charge in [-0.1, -0.05) is 296 Å². The van der Waals surface area contributed by atoms with Gasteiger partial charge in [-0.25, -0.2) is 0 Å². The molecule has 3 aliphatic heterocycles. The summed E-state index contributed by atoms with van der Waals surface area (Å²) in [7, 11) is 0. The molecular formula is C72H137NO18. The van der Waals surface area contributed by atoms with Crippen LogP contribution >= 0.6 is 0 Å². The normalized spacial score (nSPS) is 27.9. The van der Waals surface area contributed by atoms with Gasteiger partial charge in [0.15, 0.2) is 18.9 Å². The molecule has 3 heterocycles. The predicted molar refractivity (Wildman–Crippen MR) is 356 cm³/mol. The summed E-state index contributed by atoms with van der Waals surface area (Å²) in [5.74, 6) is -0.270. The number of carbonyl (C=O) groups excluding carboxylic acids is 1. The highest BCUT2D eigenvalue weighted by molar-refractivity contribution is 5.76. The van der Waals surface area contributed by atoms with E-state index in [0.717, 1.165) is 44.9 Å². The van der Waals surface area contributed by atoms with Crippen molar-refractivity contribution in [1.29, 1.82) is 0 Å². The van der Waals surface area contributed by atoms with Crippen LogP contribution in [0.5, 0.6) is 0 Å². The third-order valence-electron chi connectivity index (χ3n) is 19.1. The summed E-state index contributed by atoms with van der Waals surface area (Å²) in [4.78, 5) is 13.4. The van der Waals surface area contributed by atoms with E-state index in [1.54, 1.807) is 6.08 Å². The number of unbranched alkanes of at least 4 members (excludes halogenated alkanes) is 43. The SMILES string of the molecule is CCCCCCCCCCCCCCCCCCCCCCCCCCCCCCCC/C=C/C(O)C(COC1OC(CO)C(OC2OC(CO)C(OC3OC(CO)C(O)C(O)C3O)C(O)C2O)C(O)C1O)NC(=O)CCCCCCCCCCCCCCCC. The van der Waals surface area contributed by atoms with Crippen LogP contribution in [0.15, 0.2) is 12.2 Å². The smallest absolute Gasteiger partial charge is 0.220 e. The van der Waals surface area contributed by atoms with E-state index in [0.29, 0.717) is 6.42 Å². The number of allylic oxidation sites excluding steroid dienone is 1. The molecule has 0 spiro atoms. The van der Waals surface area contributed by atoms with Crippen LogP contribution in [0.3, 0.4) is 0 Å². The van der Waals surface area contributed by atoms with E-state index in [2.05, 4.69) is 19.2 Å². The molecule has 0 radical (unpaired) electrons. The minimum atomic E-state index is -1.98. The lowest BCUT2D eigenvalue weighted by Gasteiger charge is -2.48. The van der Waals surface area contributed by atoms with E-state index in [-0.39, 0.29) is 18.9 Å². The molecule has 12 N–H and O–H groups in total. The zero-order chi connectivity index (χ0) is 66.1. The minimum absolute atomic E-state index is 0.249. The van der Waals surface area contributed by atoms with Crippen molar-refractivity contribution < 1.29 is 89.4 Å². The molecule has 0 aromatic heterocycles. The molecular weight excluding hydrogens is 1170 g/mol. The number of rotatable bonds is 59. The van der Waals surface area contributed by atoms with Crippen LogP contribution in [-0.2, 0) is 33.2 Å². The highest BCUT2D eigenvalue weighted by atomic mass is 16.8. The second kappa shape index (κ2) is 54.5. The second-order valence-corrected chi connectivity index (χ2v) is 27.1. The molecule has 0 bridgehead atoms. The number of carbonyl (C=O) groups is 1. The Morgan fingerprint density at radius 1 is 0.385 bits per heavy atom. The molecule has 3 saturated heterocycles. The van der Waals surface area contributed by atoms with E-state index in [9.17, 15) is 61.0 Å². The topological polar surface area (TPSA) is 307 Å². The number of aliphatic hydroxyl groups is 11. The van der Waals surface area contributed by atoms with Crippen molar-refractivity contribution in [3.05, 3.63) is 12.2 Å². The lowest BCUT2D eigenvalue weighted by Crippen LogP contribution is -2.66. The molecule has 3 fully saturated rings. The molecule has 3 rings (SSSR count). The van der Waals surface area contributed by atoms with Crippen molar-refractivity contribution in [3.63, 3.8) is 0 Å². The predicted octanol–water partition coefficient (Wildman–Crippen LogP) is 10.8. The van der Waals surface area contributed by atoms with Gasteiger partial charge in [0, 0.05) is 6.42 Å². The summed E-state index contributed by atoms with van der Waals surface area (Å²) in [5, 5.41) is 121. The van der Waals surface area contributed by atoms with Gasteiger partial charge in [-0.2, -0.15) is 0 Å². The largest absolute Gasteiger partial charge is 0.394 e. The lowest BCUT2D eigenvalue weighted by molar-refractivity contribution is -0.379. The molecule has 0 aromatic rings. The van der Waals surface area contributed by atoms with Gasteiger partial charge >= 0.3 is 0 Å². The van der Waals surface area contributed by atoms with Crippen LogP contribution in [0.25, 0.3) is 0 Å². The van der Waals surface area contributed by atoms with Crippen LogP contribution < -0.4 is 5.32 Å². The molecule has 17 unspecified atom stereocenters. The molecule has 17 atom stereocenters. The van der Waals surface area contributed by atoms with Gasteiger partial charge in [0.25, 0.3) is 0 Å². The highest BCUT2D eigenvalue weighted by Crippen LogP contribution is 2.33. The first kappa shape index (κ1) is 83.8. The number of aliphatic hydroxyl groups excluding tert-OH is 11. The van der Waals surface area contributed by atoms with Crippen molar-refractivity contribution in [2.45, 2.75) is 413 Å². The van der Waals surface area contributed by atoms with Crippen molar-refractivity contribution in [2.24, 2.45) is 0 Å². The Balaban J connectivity index is 1.36. The van der Waals surface area contributed by atoms with Gasteiger partial charge in [0.05, 0.1) is 38.6 Å². The van der Waals surface area contributed by atoms with Crippen molar-refractivity contribution in [3.8, 4) is 0 Å². The third kappa shape index (κ3) is 36.1. The van der Waals surface area contributed by atoms with Gasteiger partial charge in [-0.3, -0.25) is 4.79 Å². The van der Waals surface area contributed by atoms with Crippen LogP contribution in [0.2, 0.25) is 0 Å². The number of nitrogens with one attached hydrogen (secondary N) is 1. The van der Waals surface area contributed by atoms with E-state index in [1.165, 1.54) is 238 Å². The number of ether oxygens (including phenoxy) is 6. The summed E-state index contributed by atoms with van der Waals surface area (Å²) in [6.07, 6.45) is 35.0.